The van der Waals surface area contributed by atoms with Gasteiger partial charge in [0.05, 0.1) is 38.2 Å². The van der Waals surface area contributed by atoms with Crippen LogP contribution >= 0.6 is 11.3 Å². The number of benzene rings is 1. The van der Waals surface area contributed by atoms with Crippen molar-refractivity contribution in [3.05, 3.63) is 40.5 Å². The number of fused-ring (bicyclic) bond motifs is 2. The van der Waals surface area contributed by atoms with Crippen molar-refractivity contribution < 1.29 is 23.9 Å². The topological polar surface area (TPSA) is 78.2 Å². The molecule has 0 aliphatic carbocycles. The molecular formula is C22H25N4O4S+. The molecular weight excluding hydrogens is 416 g/mol. The van der Waals surface area contributed by atoms with E-state index in [0.29, 0.717) is 18.3 Å². The van der Waals surface area contributed by atoms with Crippen LogP contribution in [0.15, 0.2) is 24.5 Å². The third kappa shape index (κ3) is 3.79. The summed E-state index contributed by atoms with van der Waals surface area (Å²) < 4.78 is 16.1. The molecule has 5 rings (SSSR count). The van der Waals surface area contributed by atoms with Gasteiger partial charge in [-0.15, -0.1) is 11.3 Å². The van der Waals surface area contributed by atoms with Gasteiger partial charge < -0.3 is 24.0 Å². The Hall–Kier alpha value is -2.91. The maximum atomic E-state index is 12.3. The van der Waals surface area contributed by atoms with Gasteiger partial charge in [-0.1, -0.05) is 0 Å². The van der Waals surface area contributed by atoms with Crippen molar-refractivity contribution in [3.8, 4) is 11.5 Å². The lowest BCUT2D eigenvalue weighted by Gasteiger charge is -2.33. The average molecular weight is 442 g/mol. The van der Waals surface area contributed by atoms with E-state index in [-0.39, 0.29) is 5.97 Å². The van der Waals surface area contributed by atoms with Crippen LogP contribution in [0.4, 0.5) is 5.82 Å². The van der Waals surface area contributed by atoms with Crippen molar-refractivity contribution in [1.82, 2.24) is 9.97 Å². The number of ether oxygens (including phenoxy) is 3. The number of piperazine rings is 1. The summed E-state index contributed by atoms with van der Waals surface area (Å²) in [6.07, 6.45) is 1.59. The second kappa shape index (κ2) is 8.32. The fourth-order valence-corrected chi connectivity index (χ4v) is 5.27. The normalized spacial score (nSPS) is 16.1. The highest BCUT2D eigenvalue weighted by Gasteiger charge is 2.26. The highest BCUT2D eigenvalue weighted by Crippen LogP contribution is 2.35. The molecule has 1 aromatic carbocycles. The molecule has 0 unspecified atom stereocenters. The molecule has 31 heavy (non-hydrogen) atoms. The number of rotatable bonds is 5. The Balaban J connectivity index is 1.30. The highest BCUT2D eigenvalue weighted by molar-refractivity contribution is 7.20. The van der Waals surface area contributed by atoms with Crippen LogP contribution in [0.3, 0.4) is 0 Å². The lowest BCUT2D eigenvalue weighted by atomic mass is 10.1. The summed E-state index contributed by atoms with van der Waals surface area (Å²) >= 11 is 1.38. The quantitative estimate of drug-likeness (QED) is 0.605. The second-order valence-corrected chi connectivity index (χ2v) is 8.75. The summed E-state index contributed by atoms with van der Waals surface area (Å²) in [5, 5.41) is 0.967. The van der Waals surface area contributed by atoms with Crippen molar-refractivity contribution in [2.45, 2.75) is 20.4 Å². The Bertz CT molecular complexity index is 1120. The average Bonchev–Trinajstić information content (AvgIpc) is 3.38. The lowest BCUT2D eigenvalue weighted by molar-refractivity contribution is -0.914. The number of carbonyl (C=O) groups is 1. The number of aromatic nitrogens is 2. The molecule has 0 amide bonds. The van der Waals surface area contributed by atoms with E-state index in [1.807, 2.05) is 19.9 Å². The Kier molecular flexibility index (Phi) is 5.37. The number of hydrogen-bond acceptors (Lipinski definition) is 8. The number of hydrogen-bond donors (Lipinski definition) is 1. The molecule has 1 saturated heterocycles. The SMILES string of the molecule is CCOC(=O)c1sc2ncnc(N3CC[NH+](Cc4ccc5c(c4)OCO5)CC3)c2c1C. The molecule has 3 aromatic rings. The number of thiophene rings is 1. The smallest absolute Gasteiger partial charge is 0.348 e. The first-order chi connectivity index (χ1) is 15.1. The van der Waals surface area contributed by atoms with Crippen LogP contribution in [0.25, 0.3) is 10.2 Å². The first-order valence-corrected chi connectivity index (χ1v) is 11.3. The number of anilines is 1. The Morgan fingerprint density at radius 3 is 2.84 bits per heavy atom. The molecule has 9 heteroatoms. The standard InChI is InChI=1S/C22H24N4O4S/c1-3-28-22(27)19-14(2)18-20(23-12-24-21(18)31-19)26-8-6-25(7-9-26)11-15-4-5-16-17(10-15)30-13-29-16/h4-5,10,12H,3,6-9,11,13H2,1-2H3/p+1. The maximum Gasteiger partial charge on any atom is 0.348 e. The zero-order valence-corrected chi connectivity index (χ0v) is 18.5. The zero-order valence-electron chi connectivity index (χ0n) is 17.6. The largest absolute Gasteiger partial charge is 0.462 e. The number of nitrogens with zero attached hydrogens (tertiary/aromatic N) is 3. The van der Waals surface area contributed by atoms with Crippen LogP contribution in [-0.4, -0.2) is 55.5 Å². The molecule has 162 valence electrons. The highest BCUT2D eigenvalue weighted by atomic mass is 32.1. The molecule has 0 saturated carbocycles. The van der Waals surface area contributed by atoms with E-state index >= 15 is 0 Å². The summed E-state index contributed by atoms with van der Waals surface area (Å²) in [6, 6.07) is 6.19. The summed E-state index contributed by atoms with van der Waals surface area (Å²) in [5.74, 6) is 2.29. The summed E-state index contributed by atoms with van der Waals surface area (Å²) in [5.41, 5.74) is 2.16. The van der Waals surface area contributed by atoms with Gasteiger partial charge in [0, 0.05) is 5.56 Å². The minimum Gasteiger partial charge on any atom is -0.462 e. The molecule has 2 aliphatic rings. The van der Waals surface area contributed by atoms with Crippen molar-refractivity contribution in [3.63, 3.8) is 0 Å². The first kappa shape index (κ1) is 20.0. The van der Waals surface area contributed by atoms with Crippen LogP contribution in [0.5, 0.6) is 11.5 Å². The monoisotopic (exact) mass is 441 g/mol. The summed E-state index contributed by atoms with van der Waals surface area (Å²) in [6.45, 7) is 9.20. The van der Waals surface area contributed by atoms with Crippen molar-refractivity contribution in [2.75, 3.05) is 44.5 Å². The van der Waals surface area contributed by atoms with Gasteiger partial charge in [0.1, 0.15) is 28.4 Å². The van der Waals surface area contributed by atoms with Crippen LogP contribution in [0.1, 0.15) is 27.7 Å². The van der Waals surface area contributed by atoms with Crippen LogP contribution in [-0.2, 0) is 11.3 Å². The second-order valence-electron chi connectivity index (χ2n) is 7.76. The third-order valence-electron chi connectivity index (χ3n) is 5.83. The van der Waals surface area contributed by atoms with Crippen LogP contribution in [0, 0.1) is 6.92 Å². The number of esters is 1. The van der Waals surface area contributed by atoms with Gasteiger partial charge in [-0.25, -0.2) is 14.8 Å². The lowest BCUT2D eigenvalue weighted by Crippen LogP contribution is -3.13. The van der Waals surface area contributed by atoms with Gasteiger partial charge in [-0.05, 0) is 37.6 Å². The molecule has 1 fully saturated rings. The minimum atomic E-state index is -0.285. The van der Waals surface area contributed by atoms with Crippen LogP contribution < -0.4 is 19.3 Å². The van der Waals surface area contributed by atoms with Gasteiger partial charge in [-0.2, -0.15) is 0 Å². The molecule has 0 spiro atoms. The van der Waals surface area contributed by atoms with E-state index < -0.39 is 0 Å². The van der Waals surface area contributed by atoms with Crippen molar-refractivity contribution >= 4 is 33.3 Å². The van der Waals surface area contributed by atoms with E-state index in [1.165, 1.54) is 21.8 Å². The molecule has 4 heterocycles. The van der Waals surface area contributed by atoms with Gasteiger partial charge in [0.25, 0.3) is 0 Å². The van der Waals surface area contributed by atoms with E-state index in [4.69, 9.17) is 14.2 Å². The van der Waals surface area contributed by atoms with Gasteiger partial charge >= 0.3 is 5.97 Å². The van der Waals surface area contributed by atoms with E-state index in [9.17, 15) is 4.79 Å². The molecule has 1 N–H and O–H groups in total. The third-order valence-corrected chi connectivity index (χ3v) is 7.01. The summed E-state index contributed by atoms with van der Waals surface area (Å²) in [7, 11) is 0. The Morgan fingerprint density at radius 2 is 2.03 bits per heavy atom. The van der Waals surface area contributed by atoms with Gasteiger partial charge in [0.15, 0.2) is 11.5 Å². The Morgan fingerprint density at radius 1 is 1.23 bits per heavy atom. The van der Waals surface area contributed by atoms with E-state index in [0.717, 1.165) is 65.8 Å². The Labute approximate surface area is 184 Å². The number of nitrogens with one attached hydrogen (secondary N) is 1. The molecule has 8 nitrogen and oxygen atoms in total. The first-order valence-electron chi connectivity index (χ1n) is 10.5. The predicted molar refractivity (Wildman–Crippen MR) is 117 cm³/mol. The fourth-order valence-electron chi connectivity index (χ4n) is 4.24. The molecule has 0 atom stereocenters. The molecule has 2 aliphatic heterocycles. The van der Waals surface area contributed by atoms with Crippen molar-refractivity contribution in [2.24, 2.45) is 0 Å². The fraction of sp³-hybridized carbons (Fsp3) is 0.409. The van der Waals surface area contributed by atoms with Crippen molar-refractivity contribution in [1.29, 1.82) is 0 Å². The number of carbonyl (C=O) groups excluding carboxylic acids is 1. The molecule has 0 radical (unpaired) electrons. The number of aryl methyl sites for hydroxylation is 1. The molecule has 0 bridgehead atoms. The van der Waals surface area contributed by atoms with Gasteiger partial charge in [0.2, 0.25) is 6.79 Å². The number of quaternary nitrogens is 1. The summed E-state index contributed by atoms with van der Waals surface area (Å²) in [4.78, 5) is 26.6. The molecule has 2 aromatic heterocycles. The van der Waals surface area contributed by atoms with Crippen LogP contribution in [0.2, 0.25) is 0 Å². The zero-order chi connectivity index (χ0) is 21.4. The van der Waals surface area contributed by atoms with E-state index in [2.05, 4.69) is 27.0 Å². The van der Waals surface area contributed by atoms with E-state index in [1.54, 1.807) is 6.33 Å². The minimum absolute atomic E-state index is 0.285. The maximum absolute atomic E-state index is 12.3. The van der Waals surface area contributed by atoms with Gasteiger partial charge in [-0.3, -0.25) is 0 Å². The predicted octanol–water partition coefficient (Wildman–Crippen LogP) is 1.81.